The van der Waals surface area contributed by atoms with Crippen molar-refractivity contribution in [3.8, 4) is 11.5 Å². The minimum absolute atomic E-state index is 0.0165. The number of carbonyl (C=O) groups excluding carboxylic acids is 1. The van der Waals surface area contributed by atoms with Crippen LogP contribution in [0, 0.1) is 3.57 Å². The van der Waals surface area contributed by atoms with Crippen molar-refractivity contribution < 1.29 is 27.9 Å². The third-order valence-electron chi connectivity index (χ3n) is 5.40. The summed E-state index contributed by atoms with van der Waals surface area (Å²) in [4.78, 5) is 23.6. The number of carboxylic acids is 1. The van der Waals surface area contributed by atoms with Crippen molar-refractivity contribution >= 4 is 44.5 Å². The average molecular weight is 622 g/mol. The van der Waals surface area contributed by atoms with Crippen molar-refractivity contribution in [2.45, 2.75) is 19.4 Å². The van der Waals surface area contributed by atoms with E-state index in [0.717, 1.165) is 26.1 Å². The third kappa shape index (κ3) is 8.32. The Morgan fingerprint density at radius 2 is 1.64 bits per heavy atom. The molecule has 36 heavy (non-hydrogen) atoms. The lowest BCUT2D eigenvalue weighted by molar-refractivity contribution is -0.136. The van der Waals surface area contributed by atoms with Crippen molar-refractivity contribution in [1.29, 1.82) is 0 Å². The van der Waals surface area contributed by atoms with Crippen molar-refractivity contribution in [1.82, 2.24) is 9.62 Å². The molecule has 3 rings (SSSR count). The Morgan fingerprint density at radius 3 is 2.25 bits per heavy atom. The number of aliphatic carboxylic acids is 1. The Kier molecular flexibility index (Phi) is 9.46. The van der Waals surface area contributed by atoms with Crippen LogP contribution in [0.4, 0.5) is 0 Å². The van der Waals surface area contributed by atoms with Crippen LogP contribution in [0.5, 0.6) is 11.5 Å². The van der Waals surface area contributed by atoms with Gasteiger partial charge in [0.2, 0.25) is 10.0 Å². The van der Waals surface area contributed by atoms with E-state index < -0.39 is 16.0 Å². The number of halogens is 1. The van der Waals surface area contributed by atoms with E-state index in [0.29, 0.717) is 34.7 Å². The van der Waals surface area contributed by atoms with Gasteiger partial charge in [-0.15, -0.1) is 0 Å². The van der Waals surface area contributed by atoms with E-state index in [1.807, 2.05) is 24.3 Å². The van der Waals surface area contributed by atoms with Crippen LogP contribution in [-0.2, 0) is 34.2 Å². The summed E-state index contributed by atoms with van der Waals surface area (Å²) in [5.41, 5.74) is 2.69. The number of hydrogen-bond acceptors (Lipinski definition) is 5. The molecular weight excluding hydrogens is 595 g/mol. The van der Waals surface area contributed by atoms with Crippen molar-refractivity contribution in [2.24, 2.45) is 0 Å². The first kappa shape index (κ1) is 27.6. The second kappa shape index (κ2) is 12.3. The summed E-state index contributed by atoms with van der Waals surface area (Å²) in [6.07, 6.45) is 1.63. The van der Waals surface area contributed by atoms with Crippen molar-refractivity contribution in [2.75, 3.05) is 19.8 Å². The van der Waals surface area contributed by atoms with Gasteiger partial charge < -0.3 is 15.2 Å². The number of benzene rings is 3. The van der Waals surface area contributed by atoms with Gasteiger partial charge in [-0.2, -0.15) is 0 Å². The van der Waals surface area contributed by atoms with Gasteiger partial charge in [0, 0.05) is 34.8 Å². The highest BCUT2D eigenvalue weighted by Gasteiger charge is 2.16. The van der Waals surface area contributed by atoms with Gasteiger partial charge in [-0.25, -0.2) is 12.7 Å². The average Bonchev–Trinajstić information content (AvgIpc) is 2.81. The molecular formula is C26H27IN2O6S. The van der Waals surface area contributed by atoms with Crippen LogP contribution >= 0.6 is 22.6 Å². The Balaban J connectivity index is 1.67. The van der Waals surface area contributed by atoms with E-state index in [1.165, 1.54) is 7.05 Å². The summed E-state index contributed by atoms with van der Waals surface area (Å²) in [5.74, 6) is -0.326. The first-order valence-corrected chi connectivity index (χ1v) is 14.0. The molecule has 0 aliphatic carbocycles. The molecule has 0 saturated heterocycles. The topological polar surface area (TPSA) is 113 Å². The lowest BCUT2D eigenvalue weighted by atomic mass is 10.1. The Morgan fingerprint density at radius 1 is 1.00 bits per heavy atom. The predicted molar refractivity (Wildman–Crippen MR) is 146 cm³/mol. The van der Waals surface area contributed by atoms with E-state index in [4.69, 9.17) is 9.84 Å². The molecule has 0 aliphatic rings. The molecule has 0 spiro atoms. The predicted octanol–water partition coefficient (Wildman–Crippen LogP) is 4.07. The first-order valence-electron chi connectivity index (χ1n) is 11.1. The number of carbonyl (C=O) groups is 2. The zero-order valence-electron chi connectivity index (χ0n) is 19.9. The molecule has 10 heteroatoms. The Bertz CT molecular complexity index is 1330. The van der Waals surface area contributed by atoms with Crippen LogP contribution in [0.1, 0.15) is 27.0 Å². The monoisotopic (exact) mass is 622 g/mol. The van der Waals surface area contributed by atoms with Gasteiger partial charge in [-0.3, -0.25) is 9.59 Å². The number of ether oxygens (including phenoxy) is 1. The molecule has 190 valence electrons. The molecule has 2 N–H and O–H groups in total. The van der Waals surface area contributed by atoms with Gasteiger partial charge in [0.15, 0.2) is 0 Å². The van der Waals surface area contributed by atoms with Crippen LogP contribution in [0.25, 0.3) is 0 Å². The SMILES string of the molecule is CN(Cc1cc(CC(=O)O)ccc1Oc1ccc(C(=O)NCCc2ccc(I)cc2)cc1)S(C)(=O)=O. The summed E-state index contributed by atoms with van der Waals surface area (Å²) in [6, 6.07) is 19.6. The highest BCUT2D eigenvalue weighted by Crippen LogP contribution is 2.28. The van der Waals surface area contributed by atoms with E-state index in [-0.39, 0.29) is 18.9 Å². The minimum atomic E-state index is -3.45. The van der Waals surface area contributed by atoms with E-state index in [2.05, 4.69) is 27.9 Å². The zero-order chi connectivity index (χ0) is 26.3. The Hall–Kier alpha value is -2.96. The first-order chi connectivity index (χ1) is 17.0. The molecule has 3 aromatic rings. The summed E-state index contributed by atoms with van der Waals surface area (Å²) < 4.78 is 32.1. The summed E-state index contributed by atoms with van der Waals surface area (Å²) in [5, 5.41) is 12.0. The van der Waals surface area contributed by atoms with Crippen LogP contribution in [0.3, 0.4) is 0 Å². The van der Waals surface area contributed by atoms with Crippen LogP contribution in [-0.4, -0.2) is 49.6 Å². The lowest BCUT2D eigenvalue weighted by Crippen LogP contribution is -2.25. The van der Waals surface area contributed by atoms with Gasteiger partial charge in [0.05, 0.1) is 12.7 Å². The van der Waals surface area contributed by atoms with Gasteiger partial charge in [-0.05, 0) is 82.6 Å². The maximum atomic E-state index is 12.5. The molecule has 3 aromatic carbocycles. The molecule has 0 fully saturated rings. The second-order valence-electron chi connectivity index (χ2n) is 8.29. The van der Waals surface area contributed by atoms with Crippen LogP contribution in [0.2, 0.25) is 0 Å². The molecule has 0 aromatic heterocycles. The van der Waals surface area contributed by atoms with Gasteiger partial charge in [0.1, 0.15) is 11.5 Å². The molecule has 8 nitrogen and oxygen atoms in total. The number of amides is 1. The minimum Gasteiger partial charge on any atom is -0.481 e. The fourth-order valence-corrected chi connectivity index (χ4v) is 4.11. The van der Waals surface area contributed by atoms with E-state index in [9.17, 15) is 18.0 Å². The third-order valence-corrected chi connectivity index (χ3v) is 7.38. The van der Waals surface area contributed by atoms with Crippen LogP contribution < -0.4 is 10.1 Å². The quantitative estimate of drug-likeness (QED) is 0.312. The van der Waals surface area contributed by atoms with Crippen molar-refractivity contribution in [3.63, 3.8) is 0 Å². The summed E-state index contributed by atoms with van der Waals surface area (Å²) in [6.45, 7) is 0.528. The second-order valence-corrected chi connectivity index (χ2v) is 11.6. The number of nitrogens with one attached hydrogen (secondary N) is 1. The lowest BCUT2D eigenvalue weighted by Gasteiger charge is -2.18. The molecule has 0 saturated carbocycles. The number of carboxylic acid groups (broad SMARTS) is 1. The maximum Gasteiger partial charge on any atom is 0.307 e. The van der Waals surface area contributed by atoms with Gasteiger partial charge in [-0.1, -0.05) is 24.3 Å². The standard InChI is InChI=1S/C26H27IN2O6S/c1-29(36(2,33)34)17-21-15-19(16-25(30)31)5-12-24(21)35-23-10-6-20(7-11-23)26(32)28-14-13-18-3-8-22(27)9-4-18/h3-12,15H,13-14,16-17H2,1-2H3,(H,28,32)(H,30,31). The molecule has 0 radical (unpaired) electrons. The number of rotatable bonds is 11. The summed E-state index contributed by atoms with van der Waals surface area (Å²) in [7, 11) is -2.01. The highest BCUT2D eigenvalue weighted by molar-refractivity contribution is 14.1. The van der Waals surface area contributed by atoms with Gasteiger partial charge >= 0.3 is 5.97 Å². The molecule has 0 unspecified atom stereocenters. The number of sulfonamides is 1. The zero-order valence-corrected chi connectivity index (χ0v) is 22.9. The van der Waals surface area contributed by atoms with Crippen LogP contribution in [0.15, 0.2) is 66.7 Å². The Labute approximate surface area is 224 Å². The smallest absolute Gasteiger partial charge is 0.307 e. The van der Waals surface area contributed by atoms with E-state index in [1.54, 1.807) is 42.5 Å². The number of nitrogens with zero attached hydrogens (tertiary/aromatic N) is 1. The van der Waals surface area contributed by atoms with E-state index >= 15 is 0 Å². The highest BCUT2D eigenvalue weighted by atomic mass is 127. The largest absolute Gasteiger partial charge is 0.481 e. The fourth-order valence-electron chi connectivity index (χ4n) is 3.37. The normalized spacial score (nSPS) is 11.3. The fraction of sp³-hybridized carbons (Fsp3) is 0.231. The van der Waals surface area contributed by atoms with Crippen molar-refractivity contribution in [3.05, 3.63) is 92.6 Å². The molecule has 0 heterocycles. The molecule has 1 amide bonds. The molecule has 0 aliphatic heterocycles. The molecule has 0 bridgehead atoms. The summed E-state index contributed by atoms with van der Waals surface area (Å²) >= 11 is 2.25. The van der Waals surface area contributed by atoms with Gasteiger partial charge in [0.25, 0.3) is 5.91 Å². The number of hydrogen-bond donors (Lipinski definition) is 2. The maximum absolute atomic E-state index is 12.5. The molecule has 0 atom stereocenters.